The van der Waals surface area contributed by atoms with Gasteiger partial charge in [0, 0.05) is 28.4 Å². The molecule has 2 aromatic carbocycles. The molecule has 178 valence electrons. The molecule has 0 amide bonds. The minimum atomic E-state index is -4.53. The van der Waals surface area contributed by atoms with Crippen LogP contribution in [-0.2, 0) is 11.2 Å². The summed E-state index contributed by atoms with van der Waals surface area (Å²) < 4.78 is 49.4. The second-order valence-electron chi connectivity index (χ2n) is 8.22. The van der Waals surface area contributed by atoms with Crippen LogP contribution in [0.3, 0.4) is 0 Å². The minimum Gasteiger partial charge on any atom is -0.483 e. The lowest BCUT2D eigenvalue weighted by molar-refractivity contribution is -0.153. The number of ether oxygens (including phenoxy) is 1. The topological polar surface area (TPSA) is 114 Å². The number of alkyl halides is 3. The molecule has 0 aliphatic carbocycles. The van der Waals surface area contributed by atoms with Crippen molar-refractivity contribution in [2.75, 3.05) is 6.61 Å². The van der Waals surface area contributed by atoms with Crippen molar-refractivity contribution in [3.63, 3.8) is 0 Å². The number of aryl methyl sites for hydroxylation is 1. The van der Waals surface area contributed by atoms with Gasteiger partial charge in [0.1, 0.15) is 11.8 Å². The number of aromatic nitrogens is 3. The Labute approximate surface area is 196 Å². The van der Waals surface area contributed by atoms with Crippen molar-refractivity contribution >= 4 is 16.9 Å². The van der Waals surface area contributed by atoms with Crippen LogP contribution in [0.5, 0.6) is 5.75 Å². The Morgan fingerprint density at radius 3 is 2.77 bits per heavy atom. The van der Waals surface area contributed by atoms with Gasteiger partial charge in [-0.1, -0.05) is 17.3 Å². The maximum absolute atomic E-state index is 12.4. The first-order valence-corrected chi connectivity index (χ1v) is 10.7. The lowest BCUT2D eigenvalue weighted by Gasteiger charge is -2.13. The lowest BCUT2D eigenvalue weighted by Crippen LogP contribution is -2.19. The Bertz CT molecular complexity index is 1480. The van der Waals surface area contributed by atoms with Crippen LogP contribution in [-0.4, -0.2) is 38.6 Å². The molecule has 11 heteroatoms. The molecule has 0 spiro atoms. The van der Waals surface area contributed by atoms with Gasteiger partial charge in [-0.15, -0.1) is 0 Å². The predicted octanol–water partition coefficient (Wildman–Crippen LogP) is 5.13. The summed E-state index contributed by atoms with van der Waals surface area (Å²) in [6.45, 7) is -1.51. The third-order valence-corrected chi connectivity index (χ3v) is 5.85. The highest BCUT2D eigenvalue weighted by molar-refractivity contribution is 5.86. The number of benzene rings is 2. The molecule has 1 aliphatic heterocycles. The summed E-state index contributed by atoms with van der Waals surface area (Å²) in [6, 6.07) is 13.4. The monoisotopic (exact) mass is 482 g/mol. The van der Waals surface area contributed by atoms with Crippen LogP contribution < -0.4 is 4.74 Å². The first-order valence-electron chi connectivity index (χ1n) is 10.7. The van der Waals surface area contributed by atoms with E-state index >= 15 is 0 Å². The second kappa shape index (κ2) is 8.47. The number of hydrogen-bond acceptors (Lipinski definition) is 6. The number of aliphatic carboxylic acids is 1. The van der Waals surface area contributed by atoms with Crippen molar-refractivity contribution in [1.29, 1.82) is 5.26 Å². The van der Waals surface area contributed by atoms with E-state index in [9.17, 15) is 28.3 Å². The van der Waals surface area contributed by atoms with Gasteiger partial charge in [-0.05, 0) is 48.6 Å². The summed E-state index contributed by atoms with van der Waals surface area (Å²) in [5, 5.41) is 23.6. The molecule has 1 atom stereocenters. The summed E-state index contributed by atoms with van der Waals surface area (Å²) in [5.41, 5.74) is 2.87. The zero-order chi connectivity index (χ0) is 24.7. The van der Waals surface area contributed by atoms with Crippen LogP contribution in [0.15, 0.2) is 47.0 Å². The highest BCUT2D eigenvalue weighted by Crippen LogP contribution is 2.37. The molecule has 1 unspecified atom stereocenters. The van der Waals surface area contributed by atoms with E-state index in [1.165, 1.54) is 18.2 Å². The van der Waals surface area contributed by atoms with Gasteiger partial charge in [-0.3, -0.25) is 4.79 Å². The van der Waals surface area contributed by atoms with E-state index in [0.717, 1.165) is 29.4 Å². The molecule has 0 saturated carbocycles. The average molecular weight is 482 g/mol. The van der Waals surface area contributed by atoms with Gasteiger partial charge in [0.05, 0.1) is 12.0 Å². The normalized spacial score (nSPS) is 15.2. The van der Waals surface area contributed by atoms with E-state index in [1.807, 2.05) is 28.8 Å². The zero-order valence-corrected chi connectivity index (χ0v) is 18.0. The molecule has 0 saturated heterocycles. The molecule has 3 heterocycles. The highest BCUT2D eigenvalue weighted by Gasteiger charge is 2.29. The van der Waals surface area contributed by atoms with E-state index in [1.54, 1.807) is 0 Å². The van der Waals surface area contributed by atoms with E-state index in [4.69, 9.17) is 9.26 Å². The van der Waals surface area contributed by atoms with Crippen molar-refractivity contribution in [1.82, 2.24) is 14.7 Å². The Morgan fingerprint density at radius 2 is 2.03 bits per heavy atom. The Morgan fingerprint density at radius 1 is 1.23 bits per heavy atom. The van der Waals surface area contributed by atoms with Crippen molar-refractivity contribution in [3.05, 3.63) is 53.7 Å². The maximum atomic E-state index is 12.4. The highest BCUT2D eigenvalue weighted by atomic mass is 19.4. The smallest absolute Gasteiger partial charge is 0.422 e. The first kappa shape index (κ1) is 22.5. The Hall–Kier alpha value is -4.33. The fourth-order valence-electron chi connectivity index (χ4n) is 4.37. The number of nitrogens with zero attached hydrogens (tertiary/aromatic N) is 4. The van der Waals surface area contributed by atoms with Crippen LogP contribution in [0.25, 0.3) is 33.7 Å². The average Bonchev–Trinajstić information content (AvgIpc) is 3.53. The van der Waals surface area contributed by atoms with Gasteiger partial charge in [0.2, 0.25) is 5.82 Å². The Kier molecular flexibility index (Phi) is 5.43. The molecule has 0 fully saturated rings. The molecule has 1 aliphatic rings. The van der Waals surface area contributed by atoms with Crippen molar-refractivity contribution < 1.29 is 32.3 Å². The third-order valence-electron chi connectivity index (χ3n) is 5.85. The van der Waals surface area contributed by atoms with Crippen molar-refractivity contribution in [2.45, 2.75) is 31.5 Å². The summed E-state index contributed by atoms with van der Waals surface area (Å²) in [6.07, 6.45) is -2.92. The Balaban J connectivity index is 1.44. The van der Waals surface area contributed by atoms with Gasteiger partial charge in [-0.2, -0.15) is 23.4 Å². The molecule has 2 aromatic heterocycles. The fourth-order valence-corrected chi connectivity index (χ4v) is 4.37. The van der Waals surface area contributed by atoms with Crippen LogP contribution in [0, 0.1) is 11.3 Å². The number of nitriles is 1. The molecular weight excluding hydrogens is 465 g/mol. The number of carboxylic acid groups (broad SMARTS) is 1. The van der Waals surface area contributed by atoms with Gasteiger partial charge in [-0.25, -0.2) is 0 Å². The third kappa shape index (κ3) is 4.42. The van der Waals surface area contributed by atoms with Gasteiger partial charge in [0.25, 0.3) is 5.89 Å². The van der Waals surface area contributed by atoms with Gasteiger partial charge < -0.3 is 18.9 Å². The maximum Gasteiger partial charge on any atom is 0.422 e. The molecule has 5 rings (SSSR count). The molecule has 35 heavy (non-hydrogen) atoms. The van der Waals surface area contributed by atoms with E-state index in [2.05, 4.69) is 16.2 Å². The van der Waals surface area contributed by atoms with Crippen LogP contribution in [0.4, 0.5) is 13.2 Å². The van der Waals surface area contributed by atoms with Crippen LogP contribution in [0.1, 0.15) is 30.1 Å². The first-order chi connectivity index (χ1) is 16.7. The summed E-state index contributed by atoms with van der Waals surface area (Å²) >= 11 is 0. The standard InChI is InChI=1S/C24H17F3N4O4/c25-24(26,27)12-34-20-6-3-15(7-16(20)11-28)23-29-22(30-35-23)14-2-1-13-8-17-4-5-18(10-21(32)33)31(17)19(13)9-14/h1-3,6-9,18H,4-5,10,12H2,(H,32,33). The number of hydrogen-bond donors (Lipinski definition) is 1. The summed E-state index contributed by atoms with van der Waals surface area (Å²) in [7, 11) is 0. The van der Waals surface area contributed by atoms with E-state index in [-0.39, 0.29) is 35.5 Å². The van der Waals surface area contributed by atoms with E-state index in [0.29, 0.717) is 11.1 Å². The molecule has 4 aromatic rings. The van der Waals surface area contributed by atoms with Gasteiger partial charge >= 0.3 is 12.1 Å². The molecule has 8 nitrogen and oxygen atoms in total. The SMILES string of the molecule is N#Cc1cc(-c2nc(-c3ccc4cc5n(c4c3)C(CC(=O)O)CC5)no2)ccc1OCC(F)(F)F. The molecule has 0 bridgehead atoms. The minimum absolute atomic E-state index is 0.0390. The van der Waals surface area contributed by atoms with Crippen LogP contribution in [0.2, 0.25) is 0 Å². The van der Waals surface area contributed by atoms with Crippen molar-refractivity contribution in [3.8, 4) is 34.7 Å². The quantitative estimate of drug-likeness (QED) is 0.405. The number of rotatable bonds is 6. The van der Waals surface area contributed by atoms with Crippen molar-refractivity contribution in [2.24, 2.45) is 0 Å². The summed E-state index contributed by atoms with van der Waals surface area (Å²) in [5.74, 6) is -0.684. The van der Waals surface area contributed by atoms with Crippen LogP contribution >= 0.6 is 0 Å². The predicted molar refractivity (Wildman–Crippen MR) is 117 cm³/mol. The largest absolute Gasteiger partial charge is 0.483 e. The number of halogens is 3. The fraction of sp³-hybridized carbons (Fsp3) is 0.250. The molecule has 1 N–H and O–H groups in total. The molecule has 0 radical (unpaired) electrons. The van der Waals surface area contributed by atoms with Gasteiger partial charge in [0.15, 0.2) is 6.61 Å². The second-order valence-corrected chi connectivity index (χ2v) is 8.22. The molecular formula is C24H17F3N4O4. The number of fused-ring (bicyclic) bond motifs is 3. The number of carbonyl (C=O) groups is 1. The number of carboxylic acids is 1. The zero-order valence-electron chi connectivity index (χ0n) is 18.0. The summed E-state index contributed by atoms with van der Waals surface area (Å²) in [4.78, 5) is 15.7. The lowest BCUT2D eigenvalue weighted by atomic mass is 10.1. The van der Waals surface area contributed by atoms with E-state index < -0.39 is 18.8 Å².